The molecule has 4 heterocycles. The Morgan fingerprint density at radius 3 is 1.09 bits per heavy atom. The number of hydrogen-bond acceptors (Lipinski definition) is 4. The normalized spacial score (nSPS) is 12.6. The quantitative estimate of drug-likeness (QED) is 0.157. The van der Waals surface area contributed by atoms with E-state index < -0.39 is 15.2 Å². The van der Waals surface area contributed by atoms with Gasteiger partial charge >= 0.3 is 0 Å². The summed E-state index contributed by atoms with van der Waals surface area (Å²) in [6.07, 6.45) is 0. The van der Waals surface area contributed by atoms with Gasteiger partial charge in [0.1, 0.15) is 0 Å². The van der Waals surface area contributed by atoms with Gasteiger partial charge in [-0.2, -0.15) is 0 Å². The van der Waals surface area contributed by atoms with Crippen molar-refractivity contribution in [2.75, 3.05) is 0 Å². The van der Waals surface area contributed by atoms with Crippen LogP contribution in [0.4, 0.5) is 0 Å². The molecular weight excluding hydrogens is 633 g/mol. The molecule has 0 aliphatic heterocycles. The number of halogens is 2. The molecule has 0 spiro atoms. The van der Waals surface area contributed by atoms with Crippen LogP contribution in [-0.2, 0) is 0 Å². The molecule has 4 aromatic rings. The summed E-state index contributed by atoms with van der Waals surface area (Å²) in [7, 11) is -3.35. The minimum atomic E-state index is -1.67. The molecule has 0 saturated carbocycles. The maximum atomic E-state index is 3.65. The average Bonchev–Trinajstić information content (AvgIpc) is 3.59. The summed E-state index contributed by atoms with van der Waals surface area (Å²) in [5.74, 6) is 0. The van der Waals surface area contributed by atoms with Gasteiger partial charge in [-0.1, -0.05) is 64.0 Å². The van der Waals surface area contributed by atoms with E-state index in [1.165, 1.54) is 51.3 Å². The summed E-state index contributed by atoms with van der Waals surface area (Å²) < 4.78 is 5.92. The zero-order valence-corrected chi connectivity index (χ0v) is 27.3. The first-order valence-corrected chi connectivity index (χ1v) is 21.8. The summed E-state index contributed by atoms with van der Waals surface area (Å²) >= 11 is 15.2. The van der Waals surface area contributed by atoms with Crippen LogP contribution in [0.1, 0.15) is 27.7 Å². The third kappa shape index (κ3) is 4.32. The Bertz CT molecular complexity index is 1090. The maximum absolute atomic E-state index is 3.65. The van der Waals surface area contributed by atoms with Gasteiger partial charge in [0.25, 0.3) is 0 Å². The van der Waals surface area contributed by atoms with Crippen molar-refractivity contribution < 1.29 is 0 Å². The lowest BCUT2D eigenvalue weighted by Gasteiger charge is -2.46. The van der Waals surface area contributed by atoms with E-state index in [0.29, 0.717) is 0 Å². The van der Waals surface area contributed by atoms with Crippen molar-refractivity contribution in [2.24, 2.45) is 0 Å². The lowest BCUT2D eigenvalue weighted by Crippen LogP contribution is -2.73. The predicted octanol–water partition coefficient (Wildman–Crippen LogP) is 9.96. The molecule has 0 radical (unpaired) electrons. The van der Waals surface area contributed by atoms with E-state index in [2.05, 4.69) is 131 Å². The predicted molar refractivity (Wildman–Crippen MR) is 163 cm³/mol. The second kappa shape index (κ2) is 10.4. The van der Waals surface area contributed by atoms with Crippen LogP contribution in [0.5, 0.6) is 0 Å². The fraction of sp³-hybridized carbons (Fsp3) is 0.333. The zero-order chi connectivity index (χ0) is 22.9. The van der Waals surface area contributed by atoms with Crippen molar-refractivity contribution in [3.8, 4) is 19.5 Å². The van der Waals surface area contributed by atoms with Crippen LogP contribution in [0.15, 0.2) is 56.1 Å². The monoisotopic (exact) mass is 658 g/mol. The lowest BCUT2D eigenvalue weighted by atomic mass is 10.4. The molecule has 0 atom stereocenters. The van der Waals surface area contributed by atoms with Gasteiger partial charge in [0.2, 0.25) is 0 Å². The maximum Gasteiger partial charge on any atom is 0.0987 e. The Labute approximate surface area is 226 Å². The van der Waals surface area contributed by atoms with Gasteiger partial charge in [-0.15, -0.1) is 45.3 Å². The molecule has 4 aromatic heterocycles. The molecule has 0 aromatic carbocycles. The highest BCUT2D eigenvalue weighted by atomic mass is 79.9. The topological polar surface area (TPSA) is 0 Å². The molecule has 0 bridgehead atoms. The van der Waals surface area contributed by atoms with Crippen LogP contribution in [0.2, 0.25) is 24.2 Å². The van der Waals surface area contributed by atoms with Gasteiger partial charge in [-0.3, -0.25) is 0 Å². The highest BCUT2D eigenvalue weighted by molar-refractivity contribution is 9.11. The molecule has 0 aliphatic carbocycles. The molecule has 4 rings (SSSR count). The second-order valence-corrected chi connectivity index (χ2v) is 29.9. The van der Waals surface area contributed by atoms with Crippen LogP contribution in [-0.4, -0.2) is 15.2 Å². The first-order valence-electron chi connectivity index (χ1n) is 11.1. The third-order valence-electron chi connectivity index (χ3n) is 7.12. The van der Waals surface area contributed by atoms with Crippen LogP contribution in [0.25, 0.3) is 19.5 Å². The summed E-state index contributed by atoms with van der Waals surface area (Å²) in [6, 6.07) is 24.1. The minimum absolute atomic E-state index is 1.22. The molecule has 32 heavy (non-hydrogen) atoms. The number of thiophene rings is 4. The van der Waals surface area contributed by atoms with Crippen molar-refractivity contribution in [1.82, 2.24) is 0 Å². The molecule has 170 valence electrons. The van der Waals surface area contributed by atoms with Crippen molar-refractivity contribution in [3.63, 3.8) is 0 Å². The molecule has 8 heteroatoms. The molecule has 0 unspecified atom stereocenters. The Morgan fingerprint density at radius 2 is 0.812 bits per heavy atom. The second-order valence-electron chi connectivity index (χ2n) is 8.11. The van der Waals surface area contributed by atoms with Gasteiger partial charge in [-0.05, 0) is 77.3 Å². The standard InChI is InChI=1S/C24H28Br2S4Si2/c1-5-31(6-2,23-15-11-19(29-23)17-9-13-21(25)27-17)32(7-3,8-4)24-16-12-20(30-24)18-10-14-22(26)28-18/h9-16H,5-8H2,1-4H3. The van der Waals surface area contributed by atoms with Gasteiger partial charge in [0, 0.05) is 19.5 Å². The Balaban J connectivity index is 1.82. The summed E-state index contributed by atoms with van der Waals surface area (Å²) in [6.45, 7) is 9.98. The molecule has 0 fully saturated rings. The van der Waals surface area contributed by atoms with E-state index in [-0.39, 0.29) is 0 Å². The lowest BCUT2D eigenvalue weighted by molar-refractivity contribution is 1.25. The van der Waals surface area contributed by atoms with Crippen molar-refractivity contribution >= 4 is 101 Å². The largest absolute Gasteiger partial charge is 0.144 e. The SMILES string of the molecule is CC[Si](CC)(c1ccc(-c2ccc(Br)s2)s1)[Si](CC)(CC)c1ccc(-c2ccc(Br)s2)s1. The fourth-order valence-corrected chi connectivity index (χ4v) is 36.5. The van der Waals surface area contributed by atoms with E-state index in [0.717, 1.165) is 0 Å². The first-order chi connectivity index (χ1) is 15.4. The zero-order valence-electron chi connectivity index (χ0n) is 18.8. The third-order valence-corrected chi connectivity index (χ3v) is 36.8. The molecule has 0 nitrogen and oxygen atoms in total. The highest BCUT2D eigenvalue weighted by Gasteiger charge is 2.54. The number of rotatable bonds is 9. The van der Waals surface area contributed by atoms with Crippen LogP contribution < -0.4 is 9.00 Å². The molecule has 0 N–H and O–H groups in total. The van der Waals surface area contributed by atoms with Crippen molar-refractivity contribution in [2.45, 2.75) is 51.9 Å². The van der Waals surface area contributed by atoms with E-state index in [4.69, 9.17) is 0 Å². The van der Waals surface area contributed by atoms with E-state index in [1.807, 2.05) is 22.7 Å². The molecule has 0 saturated heterocycles. The summed E-state index contributed by atoms with van der Waals surface area (Å²) in [5.41, 5.74) is 0. The first kappa shape index (κ1) is 25.3. The van der Waals surface area contributed by atoms with Crippen molar-refractivity contribution in [1.29, 1.82) is 0 Å². The van der Waals surface area contributed by atoms with E-state index >= 15 is 0 Å². The smallest absolute Gasteiger partial charge is 0.0987 e. The average molecular weight is 661 g/mol. The number of hydrogen-bond donors (Lipinski definition) is 0. The fourth-order valence-electron chi connectivity index (χ4n) is 5.37. The summed E-state index contributed by atoms with van der Waals surface area (Å²) in [4.78, 5) is 5.68. The minimum Gasteiger partial charge on any atom is -0.144 e. The summed E-state index contributed by atoms with van der Waals surface area (Å²) in [5, 5.41) is 0. The van der Waals surface area contributed by atoms with Crippen LogP contribution >= 0.6 is 77.2 Å². The Morgan fingerprint density at radius 1 is 0.500 bits per heavy atom. The van der Waals surface area contributed by atoms with E-state index in [1.54, 1.807) is 9.00 Å². The molecule has 0 aliphatic rings. The van der Waals surface area contributed by atoms with Gasteiger partial charge in [0.05, 0.1) is 22.8 Å². The Hall–Kier alpha value is 0.194. The van der Waals surface area contributed by atoms with Crippen molar-refractivity contribution in [3.05, 3.63) is 56.1 Å². The van der Waals surface area contributed by atoms with Crippen LogP contribution in [0.3, 0.4) is 0 Å². The van der Waals surface area contributed by atoms with Gasteiger partial charge < -0.3 is 0 Å². The highest BCUT2D eigenvalue weighted by Crippen LogP contribution is 2.41. The molecular formula is C24H28Br2S4Si2. The van der Waals surface area contributed by atoms with Gasteiger partial charge in [0.15, 0.2) is 0 Å². The van der Waals surface area contributed by atoms with Gasteiger partial charge in [-0.25, -0.2) is 0 Å². The van der Waals surface area contributed by atoms with E-state index in [9.17, 15) is 0 Å². The molecule has 0 amide bonds. The Kier molecular flexibility index (Phi) is 8.25. The van der Waals surface area contributed by atoms with Crippen LogP contribution in [0, 0.1) is 0 Å².